The first-order valence-electron chi connectivity index (χ1n) is 9.50. The first-order valence-corrected chi connectivity index (χ1v) is 9.50. The average Bonchev–Trinajstić information content (AvgIpc) is 3.11. The summed E-state index contributed by atoms with van der Waals surface area (Å²) in [4.78, 5) is 19.7. The van der Waals surface area contributed by atoms with Crippen LogP contribution >= 0.6 is 0 Å². The molecule has 1 aromatic heterocycles. The lowest BCUT2D eigenvalue weighted by atomic mass is 10.0. The van der Waals surface area contributed by atoms with Gasteiger partial charge in [-0.3, -0.25) is 9.69 Å². The van der Waals surface area contributed by atoms with Crippen LogP contribution in [-0.4, -0.2) is 54.2 Å². The maximum Gasteiger partial charge on any atom is 0.325 e. The maximum absolute atomic E-state index is 12.2. The van der Waals surface area contributed by atoms with E-state index >= 15 is 0 Å². The number of aromatic nitrogens is 1. The summed E-state index contributed by atoms with van der Waals surface area (Å²) in [7, 11) is 1.66. The molecule has 0 saturated carbocycles. The number of fused-ring (bicyclic) bond motifs is 1. The molecule has 6 heteroatoms. The van der Waals surface area contributed by atoms with Gasteiger partial charge >= 0.3 is 5.97 Å². The lowest BCUT2D eigenvalue weighted by Crippen LogP contribution is -2.49. The van der Waals surface area contributed by atoms with Crippen LogP contribution in [0.15, 0.2) is 48.7 Å². The molecule has 1 atom stereocenters. The van der Waals surface area contributed by atoms with Gasteiger partial charge < -0.3 is 19.7 Å². The number of ether oxygens (including phenoxy) is 1. The fourth-order valence-electron chi connectivity index (χ4n) is 4.01. The van der Waals surface area contributed by atoms with Crippen LogP contribution in [0.3, 0.4) is 0 Å². The quantitative estimate of drug-likeness (QED) is 0.711. The zero-order valence-electron chi connectivity index (χ0n) is 16.2. The van der Waals surface area contributed by atoms with Crippen LogP contribution < -0.4 is 9.64 Å². The van der Waals surface area contributed by atoms with E-state index in [0.29, 0.717) is 13.1 Å². The number of carboxylic acids is 1. The van der Waals surface area contributed by atoms with Gasteiger partial charge in [0.2, 0.25) is 0 Å². The second-order valence-electron chi connectivity index (χ2n) is 7.26. The number of anilines is 1. The largest absolute Gasteiger partial charge is 0.497 e. The van der Waals surface area contributed by atoms with E-state index in [1.807, 2.05) is 43.5 Å². The van der Waals surface area contributed by atoms with Crippen molar-refractivity contribution in [3.05, 3.63) is 59.8 Å². The Labute approximate surface area is 164 Å². The minimum Gasteiger partial charge on any atom is -0.497 e. The van der Waals surface area contributed by atoms with Crippen molar-refractivity contribution < 1.29 is 14.6 Å². The van der Waals surface area contributed by atoms with Crippen molar-refractivity contribution in [3.63, 3.8) is 0 Å². The molecule has 0 amide bonds. The highest BCUT2D eigenvalue weighted by Gasteiger charge is 2.32. The van der Waals surface area contributed by atoms with Crippen LogP contribution in [0.1, 0.15) is 17.2 Å². The van der Waals surface area contributed by atoms with Crippen LogP contribution in [0.5, 0.6) is 5.75 Å². The molecule has 0 bridgehead atoms. The number of aromatic amines is 1. The molecule has 1 aliphatic heterocycles. The Hall–Kier alpha value is -2.99. The van der Waals surface area contributed by atoms with Crippen molar-refractivity contribution in [3.8, 4) is 5.75 Å². The van der Waals surface area contributed by atoms with Crippen LogP contribution in [-0.2, 0) is 4.79 Å². The lowest BCUT2D eigenvalue weighted by molar-refractivity contribution is -0.143. The number of carbonyl (C=O) groups is 1. The Morgan fingerprint density at radius 1 is 1.14 bits per heavy atom. The summed E-state index contributed by atoms with van der Waals surface area (Å²) in [5.74, 6) is 0.0229. The number of aliphatic carboxylic acids is 1. The number of carboxylic acid groups (broad SMARTS) is 1. The van der Waals surface area contributed by atoms with Gasteiger partial charge in [-0.05, 0) is 31.2 Å². The van der Waals surface area contributed by atoms with Crippen molar-refractivity contribution in [1.82, 2.24) is 9.88 Å². The fraction of sp³-hybridized carbons (Fsp3) is 0.318. The molecule has 0 radical (unpaired) electrons. The molecule has 3 aromatic rings. The van der Waals surface area contributed by atoms with Crippen LogP contribution in [0, 0.1) is 6.92 Å². The van der Waals surface area contributed by atoms with E-state index in [9.17, 15) is 9.90 Å². The van der Waals surface area contributed by atoms with Gasteiger partial charge in [0.1, 0.15) is 11.8 Å². The predicted octanol–water partition coefficient (Wildman–Crippen LogP) is 3.43. The number of piperazine rings is 1. The number of aryl methyl sites for hydroxylation is 1. The molecule has 0 unspecified atom stereocenters. The summed E-state index contributed by atoms with van der Waals surface area (Å²) < 4.78 is 5.32. The highest BCUT2D eigenvalue weighted by molar-refractivity contribution is 5.89. The number of nitrogens with zero attached hydrogens (tertiary/aromatic N) is 2. The molecule has 0 spiro atoms. The molecule has 6 nitrogen and oxygen atoms in total. The summed E-state index contributed by atoms with van der Waals surface area (Å²) in [6.45, 7) is 4.95. The minimum atomic E-state index is -0.808. The van der Waals surface area contributed by atoms with Gasteiger partial charge in [-0.1, -0.05) is 17.7 Å². The van der Waals surface area contributed by atoms with Gasteiger partial charge in [-0.2, -0.15) is 0 Å². The number of rotatable bonds is 5. The first kappa shape index (κ1) is 18.4. The van der Waals surface area contributed by atoms with Gasteiger partial charge in [-0.15, -0.1) is 0 Å². The second kappa shape index (κ2) is 7.56. The minimum absolute atomic E-state index is 0.650. The topological polar surface area (TPSA) is 68.8 Å². The van der Waals surface area contributed by atoms with E-state index in [0.717, 1.165) is 46.6 Å². The molecule has 2 aromatic carbocycles. The fourth-order valence-corrected chi connectivity index (χ4v) is 4.01. The SMILES string of the molecule is COc1cccc(N2CCN([C@H](C(=O)O)c3c[nH]c4ccc(C)cc34)CC2)c1. The van der Waals surface area contributed by atoms with Crippen LogP contribution in [0.4, 0.5) is 5.69 Å². The van der Waals surface area contributed by atoms with Gasteiger partial charge in [-0.25, -0.2) is 0 Å². The summed E-state index contributed by atoms with van der Waals surface area (Å²) in [6, 6.07) is 13.4. The Morgan fingerprint density at radius 2 is 1.93 bits per heavy atom. The highest BCUT2D eigenvalue weighted by Crippen LogP contribution is 2.31. The van der Waals surface area contributed by atoms with E-state index < -0.39 is 12.0 Å². The van der Waals surface area contributed by atoms with Crippen molar-refractivity contribution in [1.29, 1.82) is 0 Å². The van der Waals surface area contributed by atoms with Crippen molar-refractivity contribution in [2.24, 2.45) is 0 Å². The predicted molar refractivity (Wildman–Crippen MR) is 110 cm³/mol. The van der Waals surface area contributed by atoms with E-state index in [2.05, 4.69) is 26.9 Å². The number of benzene rings is 2. The van der Waals surface area contributed by atoms with E-state index in [4.69, 9.17) is 4.74 Å². The Balaban J connectivity index is 1.55. The molecule has 2 heterocycles. The molecular formula is C22H25N3O3. The third-order valence-corrected chi connectivity index (χ3v) is 5.50. The Kier molecular flexibility index (Phi) is 4.96. The van der Waals surface area contributed by atoms with Crippen molar-refractivity contribution >= 4 is 22.6 Å². The van der Waals surface area contributed by atoms with Crippen molar-refractivity contribution in [2.75, 3.05) is 38.2 Å². The number of nitrogens with one attached hydrogen (secondary N) is 1. The first-order chi connectivity index (χ1) is 13.6. The third kappa shape index (κ3) is 3.43. The molecule has 0 aliphatic carbocycles. The molecule has 1 aliphatic rings. The van der Waals surface area contributed by atoms with E-state index in [-0.39, 0.29) is 0 Å². The molecule has 28 heavy (non-hydrogen) atoms. The standard InChI is InChI=1S/C22H25N3O3/c1-15-6-7-20-18(12-15)19(14-23-20)21(22(26)27)25-10-8-24(9-11-25)16-4-3-5-17(13-16)28-2/h3-7,12-14,21,23H,8-11H2,1-2H3,(H,26,27)/t21-/m0/s1. The van der Waals surface area contributed by atoms with Gasteiger partial charge in [0.25, 0.3) is 0 Å². The second-order valence-corrected chi connectivity index (χ2v) is 7.26. The summed E-state index contributed by atoms with van der Waals surface area (Å²) in [5, 5.41) is 11.0. The van der Waals surface area contributed by atoms with Crippen molar-refractivity contribution in [2.45, 2.75) is 13.0 Å². The monoisotopic (exact) mass is 379 g/mol. The van der Waals surface area contributed by atoms with Gasteiger partial charge in [0.15, 0.2) is 0 Å². The lowest BCUT2D eigenvalue weighted by Gasteiger charge is -2.38. The molecule has 146 valence electrons. The van der Waals surface area contributed by atoms with Gasteiger partial charge in [0.05, 0.1) is 7.11 Å². The summed E-state index contributed by atoms with van der Waals surface area (Å²) >= 11 is 0. The Bertz CT molecular complexity index is 990. The Morgan fingerprint density at radius 3 is 2.64 bits per heavy atom. The molecule has 1 saturated heterocycles. The molecule has 2 N–H and O–H groups in total. The number of hydrogen-bond donors (Lipinski definition) is 2. The average molecular weight is 379 g/mol. The molecule has 4 rings (SSSR count). The molecular weight excluding hydrogens is 354 g/mol. The smallest absolute Gasteiger partial charge is 0.325 e. The normalized spacial score (nSPS) is 16.3. The summed E-state index contributed by atoms with van der Waals surface area (Å²) in [5.41, 5.74) is 4.04. The van der Waals surface area contributed by atoms with Crippen LogP contribution in [0.25, 0.3) is 10.9 Å². The van der Waals surface area contributed by atoms with Crippen LogP contribution in [0.2, 0.25) is 0 Å². The zero-order valence-corrected chi connectivity index (χ0v) is 16.2. The number of H-pyrrole nitrogens is 1. The highest BCUT2D eigenvalue weighted by atomic mass is 16.5. The van der Waals surface area contributed by atoms with Gasteiger partial charge in [0, 0.05) is 60.6 Å². The van der Waals surface area contributed by atoms with E-state index in [1.165, 1.54) is 0 Å². The molecule has 1 fully saturated rings. The third-order valence-electron chi connectivity index (χ3n) is 5.50. The number of methoxy groups -OCH3 is 1. The maximum atomic E-state index is 12.2. The summed E-state index contributed by atoms with van der Waals surface area (Å²) in [6.07, 6.45) is 1.84. The van der Waals surface area contributed by atoms with E-state index in [1.54, 1.807) is 7.11 Å². The zero-order chi connectivity index (χ0) is 19.7. The number of hydrogen-bond acceptors (Lipinski definition) is 4.